The molecule has 1 fully saturated rings. The van der Waals surface area contributed by atoms with Crippen molar-refractivity contribution in [2.24, 2.45) is 0 Å². The molecule has 1 aliphatic rings. The fourth-order valence-electron chi connectivity index (χ4n) is 2.55. The second-order valence-corrected chi connectivity index (χ2v) is 5.85. The number of aromatic nitrogens is 2. The minimum Gasteiger partial charge on any atom is -0.369 e. The molecule has 0 bridgehead atoms. The fourth-order valence-corrected chi connectivity index (χ4v) is 2.98. The van der Waals surface area contributed by atoms with Crippen molar-refractivity contribution in [2.45, 2.75) is 19.3 Å². The van der Waals surface area contributed by atoms with Crippen molar-refractivity contribution in [1.82, 2.24) is 9.59 Å². The summed E-state index contributed by atoms with van der Waals surface area (Å²) in [5, 5.41) is 5.56. The highest BCUT2D eigenvalue weighted by atomic mass is 32.1. The molecule has 2 heterocycles. The van der Waals surface area contributed by atoms with Crippen LogP contribution in [0.4, 0.5) is 10.1 Å². The van der Waals surface area contributed by atoms with Crippen molar-refractivity contribution in [2.75, 3.05) is 18.0 Å². The second-order valence-electron chi connectivity index (χ2n) is 5.24. The molecule has 1 aliphatic heterocycles. The van der Waals surface area contributed by atoms with E-state index in [0.29, 0.717) is 16.9 Å². The van der Waals surface area contributed by atoms with Crippen molar-refractivity contribution < 1.29 is 9.18 Å². The molecule has 4 nitrogen and oxygen atoms in total. The van der Waals surface area contributed by atoms with Crippen molar-refractivity contribution >= 4 is 29.1 Å². The molecular formula is C16H16FN3OS. The molecule has 0 spiro atoms. The average molecular weight is 317 g/mol. The number of hydrogen-bond donors (Lipinski definition) is 0. The van der Waals surface area contributed by atoms with Crippen LogP contribution in [0.1, 0.15) is 35.3 Å². The van der Waals surface area contributed by atoms with Gasteiger partial charge in [0.05, 0.1) is 11.4 Å². The Morgan fingerprint density at radius 3 is 2.77 bits per heavy atom. The molecule has 0 aliphatic carbocycles. The normalized spacial score (nSPS) is 15.4. The quantitative estimate of drug-likeness (QED) is 0.639. The predicted molar refractivity (Wildman–Crippen MR) is 85.7 cm³/mol. The maximum Gasteiger partial charge on any atom is 0.186 e. The summed E-state index contributed by atoms with van der Waals surface area (Å²) in [5.41, 5.74) is 1.56. The number of piperidine rings is 1. The Labute approximate surface area is 132 Å². The number of ketones is 1. The van der Waals surface area contributed by atoms with E-state index in [0.717, 1.165) is 25.9 Å². The number of allylic oxidation sites excluding steroid dienone is 1. The topological polar surface area (TPSA) is 46.1 Å². The number of carbonyl (C=O) groups is 1. The largest absolute Gasteiger partial charge is 0.369 e. The molecule has 114 valence electrons. The molecule has 1 saturated heterocycles. The SMILES string of the molecule is O=C(/C=C/c1csnn1)c1ccc(N2CCCCC2)c(F)c1. The highest BCUT2D eigenvalue weighted by Gasteiger charge is 2.16. The van der Waals surface area contributed by atoms with Gasteiger partial charge in [-0.25, -0.2) is 4.39 Å². The number of benzene rings is 1. The lowest BCUT2D eigenvalue weighted by Crippen LogP contribution is -2.30. The molecular weight excluding hydrogens is 301 g/mol. The number of nitrogens with zero attached hydrogens (tertiary/aromatic N) is 3. The van der Waals surface area contributed by atoms with Crippen molar-refractivity contribution in [3.05, 3.63) is 46.7 Å². The van der Waals surface area contributed by atoms with E-state index in [4.69, 9.17) is 0 Å². The van der Waals surface area contributed by atoms with Gasteiger partial charge in [0.25, 0.3) is 0 Å². The number of rotatable bonds is 4. The van der Waals surface area contributed by atoms with Crippen LogP contribution in [-0.4, -0.2) is 28.5 Å². The van der Waals surface area contributed by atoms with E-state index in [1.54, 1.807) is 23.6 Å². The van der Waals surface area contributed by atoms with Crippen LogP contribution >= 0.6 is 11.5 Å². The summed E-state index contributed by atoms with van der Waals surface area (Å²) in [4.78, 5) is 14.1. The molecule has 3 rings (SSSR count). The van der Waals surface area contributed by atoms with Gasteiger partial charge in [0.1, 0.15) is 5.82 Å². The van der Waals surface area contributed by atoms with Crippen LogP contribution in [0.3, 0.4) is 0 Å². The average Bonchev–Trinajstić information content (AvgIpc) is 3.07. The van der Waals surface area contributed by atoms with Gasteiger partial charge in [0.15, 0.2) is 5.78 Å². The van der Waals surface area contributed by atoms with E-state index in [1.165, 1.54) is 30.1 Å². The smallest absolute Gasteiger partial charge is 0.186 e. The Morgan fingerprint density at radius 1 is 1.27 bits per heavy atom. The van der Waals surface area contributed by atoms with E-state index >= 15 is 0 Å². The number of hydrogen-bond acceptors (Lipinski definition) is 5. The molecule has 6 heteroatoms. The molecule has 1 aromatic carbocycles. The summed E-state index contributed by atoms with van der Waals surface area (Å²) in [6, 6.07) is 4.70. The molecule has 0 unspecified atom stereocenters. The maximum absolute atomic E-state index is 14.3. The summed E-state index contributed by atoms with van der Waals surface area (Å²) >= 11 is 1.22. The molecule has 22 heavy (non-hydrogen) atoms. The molecule has 1 aromatic heterocycles. The van der Waals surface area contributed by atoms with Crippen LogP contribution in [-0.2, 0) is 0 Å². The third kappa shape index (κ3) is 3.39. The van der Waals surface area contributed by atoms with E-state index in [2.05, 4.69) is 9.59 Å². The first-order chi connectivity index (χ1) is 10.7. The van der Waals surface area contributed by atoms with Crippen molar-refractivity contribution in [3.63, 3.8) is 0 Å². The van der Waals surface area contributed by atoms with Gasteiger partial charge in [-0.05, 0) is 61.1 Å². The van der Waals surface area contributed by atoms with E-state index in [-0.39, 0.29) is 11.6 Å². The Morgan fingerprint density at radius 2 is 2.09 bits per heavy atom. The van der Waals surface area contributed by atoms with Crippen molar-refractivity contribution in [1.29, 1.82) is 0 Å². The first-order valence-corrected chi connectivity index (χ1v) is 8.11. The van der Waals surface area contributed by atoms with E-state index in [9.17, 15) is 9.18 Å². The minimum atomic E-state index is -0.337. The first-order valence-electron chi connectivity index (χ1n) is 7.28. The van der Waals surface area contributed by atoms with Gasteiger partial charge in [-0.2, -0.15) is 0 Å². The lowest BCUT2D eigenvalue weighted by Gasteiger charge is -2.29. The summed E-state index contributed by atoms with van der Waals surface area (Å²) in [5.74, 6) is -0.575. The van der Waals surface area contributed by atoms with Crippen LogP contribution in [0.15, 0.2) is 29.7 Å². The van der Waals surface area contributed by atoms with Crippen LogP contribution in [0.5, 0.6) is 0 Å². The summed E-state index contributed by atoms with van der Waals surface area (Å²) in [6.45, 7) is 1.75. The Bertz CT molecular complexity index is 679. The minimum absolute atomic E-state index is 0.239. The summed E-state index contributed by atoms with van der Waals surface area (Å²) < 4.78 is 18.0. The predicted octanol–water partition coefficient (Wildman–Crippen LogP) is 3.56. The monoisotopic (exact) mass is 317 g/mol. The molecule has 0 N–H and O–H groups in total. The molecule has 0 saturated carbocycles. The molecule has 2 aromatic rings. The highest BCUT2D eigenvalue weighted by Crippen LogP contribution is 2.24. The van der Waals surface area contributed by atoms with Gasteiger partial charge in [0.2, 0.25) is 0 Å². The Kier molecular flexibility index (Phi) is 4.58. The lowest BCUT2D eigenvalue weighted by atomic mass is 10.1. The third-order valence-corrected chi connectivity index (χ3v) is 4.23. The molecule has 0 radical (unpaired) electrons. The van der Waals surface area contributed by atoms with Crippen LogP contribution in [0.2, 0.25) is 0 Å². The van der Waals surface area contributed by atoms with Crippen molar-refractivity contribution in [3.8, 4) is 0 Å². The lowest BCUT2D eigenvalue weighted by molar-refractivity contribution is 0.104. The highest BCUT2D eigenvalue weighted by molar-refractivity contribution is 7.03. The first kappa shape index (κ1) is 14.8. The zero-order chi connectivity index (χ0) is 15.4. The Balaban J connectivity index is 1.74. The van der Waals surface area contributed by atoms with Crippen LogP contribution < -0.4 is 4.90 Å². The number of anilines is 1. The van der Waals surface area contributed by atoms with Gasteiger partial charge < -0.3 is 4.90 Å². The number of carbonyl (C=O) groups excluding carboxylic acids is 1. The van der Waals surface area contributed by atoms with Gasteiger partial charge in [0, 0.05) is 24.0 Å². The number of halogens is 1. The van der Waals surface area contributed by atoms with Gasteiger partial charge in [-0.1, -0.05) is 4.49 Å². The van der Waals surface area contributed by atoms with Gasteiger partial charge >= 0.3 is 0 Å². The molecule has 0 amide bonds. The summed E-state index contributed by atoms with van der Waals surface area (Å²) in [6.07, 6.45) is 6.36. The zero-order valence-electron chi connectivity index (χ0n) is 12.0. The zero-order valence-corrected chi connectivity index (χ0v) is 12.9. The Hall–Kier alpha value is -2.08. The molecule has 0 atom stereocenters. The van der Waals surface area contributed by atoms with E-state index < -0.39 is 0 Å². The standard InChI is InChI=1S/C16H16FN3OS/c17-14-10-12(16(21)7-5-13-11-22-19-18-13)4-6-15(14)20-8-2-1-3-9-20/h4-7,10-11H,1-3,8-9H2/b7-5+. The third-order valence-electron chi connectivity index (χ3n) is 3.71. The maximum atomic E-state index is 14.3. The van der Waals surface area contributed by atoms with Crippen LogP contribution in [0, 0.1) is 5.82 Å². The fraction of sp³-hybridized carbons (Fsp3) is 0.312. The van der Waals surface area contributed by atoms with Gasteiger partial charge in [-0.3, -0.25) is 4.79 Å². The second kappa shape index (κ2) is 6.79. The summed E-state index contributed by atoms with van der Waals surface area (Å²) in [7, 11) is 0. The van der Waals surface area contributed by atoms with E-state index in [1.807, 2.05) is 4.90 Å². The van der Waals surface area contributed by atoms with Crippen LogP contribution in [0.25, 0.3) is 6.08 Å². The van der Waals surface area contributed by atoms with Gasteiger partial charge in [-0.15, -0.1) is 5.10 Å².